The first-order valence-electron chi connectivity index (χ1n) is 15.0. The van der Waals surface area contributed by atoms with Gasteiger partial charge >= 0.3 is 0 Å². The van der Waals surface area contributed by atoms with Gasteiger partial charge in [0.05, 0.1) is 22.4 Å². The van der Waals surface area contributed by atoms with Gasteiger partial charge < -0.3 is 4.74 Å². The summed E-state index contributed by atoms with van der Waals surface area (Å²) in [7, 11) is 0. The largest absolute Gasteiger partial charge is 0.457 e. The Hall–Kier alpha value is -4.71. The van der Waals surface area contributed by atoms with Gasteiger partial charge in [0, 0.05) is 52.3 Å². The van der Waals surface area contributed by atoms with Gasteiger partial charge in [0.2, 0.25) is 0 Å². The van der Waals surface area contributed by atoms with Gasteiger partial charge in [-0.15, -0.1) is 0 Å². The van der Waals surface area contributed by atoms with Crippen LogP contribution in [0.5, 0.6) is 11.5 Å². The average molecular weight is 571 g/mol. The normalized spacial score (nSPS) is 18.7. The zero-order valence-corrected chi connectivity index (χ0v) is 25.2. The highest BCUT2D eigenvalue weighted by atomic mass is 19.1. The number of hydrogen-bond donors (Lipinski definition) is 0. The topological polar surface area (TPSA) is 44.9 Å². The number of benzene rings is 3. The standard InChI is InChI=1S/C37H35FN4O/c1-22-17-23(2)36(24(3)18-22)37-25(4)40-42(26(37)5)28-9-8-10-29(20-28)43-30-13-14-32-31-11-6-7-12-33(31)41(34(32)21-30)35-19-27(38)15-16-39-35/h6-17,19-22,24,36H,18H2,1-5H3/t22-,24-,36?/m0/s1. The summed E-state index contributed by atoms with van der Waals surface area (Å²) in [5.74, 6) is 3.16. The van der Waals surface area contributed by atoms with Gasteiger partial charge in [0.25, 0.3) is 0 Å². The highest BCUT2D eigenvalue weighted by Crippen LogP contribution is 2.43. The van der Waals surface area contributed by atoms with E-state index >= 15 is 0 Å². The molecule has 0 spiro atoms. The number of nitrogens with zero attached hydrogens (tertiary/aromatic N) is 4. The molecule has 3 heterocycles. The summed E-state index contributed by atoms with van der Waals surface area (Å²) in [6, 6.07) is 25.0. The average Bonchev–Trinajstić information content (AvgIpc) is 3.46. The summed E-state index contributed by atoms with van der Waals surface area (Å²) in [6.07, 6.45) is 5.11. The van der Waals surface area contributed by atoms with Crippen molar-refractivity contribution < 1.29 is 9.13 Å². The number of halogens is 1. The molecule has 0 amide bonds. The summed E-state index contributed by atoms with van der Waals surface area (Å²) in [4.78, 5) is 4.47. The quantitative estimate of drug-likeness (QED) is 0.194. The summed E-state index contributed by atoms with van der Waals surface area (Å²) in [5.41, 5.74) is 7.84. The lowest BCUT2D eigenvalue weighted by molar-refractivity contribution is 0.390. The van der Waals surface area contributed by atoms with Crippen LogP contribution in [0.15, 0.2) is 96.7 Å². The first-order chi connectivity index (χ1) is 20.8. The van der Waals surface area contributed by atoms with E-state index in [0.29, 0.717) is 35.1 Å². The van der Waals surface area contributed by atoms with Crippen molar-refractivity contribution in [2.45, 2.75) is 47.0 Å². The molecule has 5 nitrogen and oxygen atoms in total. The predicted octanol–water partition coefficient (Wildman–Crippen LogP) is 9.62. The molecule has 0 fully saturated rings. The molecule has 0 bridgehead atoms. The number of allylic oxidation sites excluding steroid dienone is 2. The maximum absolute atomic E-state index is 14.2. The lowest BCUT2D eigenvalue weighted by atomic mass is 9.72. The van der Waals surface area contributed by atoms with Crippen LogP contribution in [-0.4, -0.2) is 19.3 Å². The Morgan fingerprint density at radius 3 is 2.44 bits per heavy atom. The lowest BCUT2D eigenvalue weighted by Gasteiger charge is -2.32. The second kappa shape index (κ2) is 10.5. The van der Waals surface area contributed by atoms with E-state index in [1.165, 1.54) is 41.6 Å². The van der Waals surface area contributed by atoms with Gasteiger partial charge in [-0.05, 0) is 75.4 Å². The second-order valence-electron chi connectivity index (χ2n) is 12.0. The third-order valence-corrected chi connectivity index (χ3v) is 8.89. The van der Waals surface area contributed by atoms with Crippen molar-refractivity contribution in [3.8, 4) is 23.0 Å². The molecule has 1 aliphatic rings. The molecule has 1 unspecified atom stereocenters. The Bertz CT molecular complexity index is 2030. The molecule has 0 radical (unpaired) electrons. The molecule has 3 aromatic heterocycles. The number of rotatable bonds is 5. The SMILES string of the molecule is CC1=C[C@H](C)C[C@H](C)C1c1c(C)nn(-c2cccc(Oc3ccc4c5ccccc5n(-c5cc(F)ccn5)c4c3)c2)c1C. The number of hydrogen-bond acceptors (Lipinski definition) is 3. The van der Waals surface area contributed by atoms with Crippen LogP contribution in [-0.2, 0) is 0 Å². The van der Waals surface area contributed by atoms with E-state index in [-0.39, 0.29) is 5.82 Å². The van der Waals surface area contributed by atoms with Crippen LogP contribution in [0.2, 0.25) is 0 Å². The van der Waals surface area contributed by atoms with E-state index in [1.807, 2.05) is 57.8 Å². The number of ether oxygens (including phenoxy) is 1. The predicted molar refractivity (Wildman–Crippen MR) is 171 cm³/mol. The molecule has 0 aliphatic heterocycles. The molecular formula is C37H35FN4O. The van der Waals surface area contributed by atoms with Crippen molar-refractivity contribution in [2.75, 3.05) is 0 Å². The monoisotopic (exact) mass is 570 g/mol. The van der Waals surface area contributed by atoms with Crippen molar-refractivity contribution >= 4 is 21.8 Å². The van der Waals surface area contributed by atoms with Crippen LogP contribution in [0, 0.1) is 31.5 Å². The lowest BCUT2D eigenvalue weighted by Crippen LogP contribution is -2.20. The molecule has 7 rings (SSSR count). The fourth-order valence-electron chi connectivity index (χ4n) is 7.25. The van der Waals surface area contributed by atoms with Crippen molar-refractivity contribution in [1.29, 1.82) is 0 Å². The van der Waals surface area contributed by atoms with E-state index < -0.39 is 0 Å². The molecule has 6 heteroatoms. The first kappa shape index (κ1) is 27.1. The van der Waals surface area contributed by atoms with Crippen molar-refractivity contribution in [3.05, 3.63) is 119 Å². The van der Waals surface area contributed by atoms with Crippen molar-refractivity contribution in [2.24, 2.45) is 11.8 Å². The van der Waals surface area contributed by atoms with E-state index in [9.17, 15) is 4.39 Å². The van der Waals surface area contributed by atoms with Gasteiger partial charge in [0.15, 0.2) is 0 Å². The highest BCUT2D eigenvalue weighted by Gasteiger charge is 2.31. The molecule has 0 saturated carbocycles. The van der Waals surface area contributed by atoms with Crippen LogP contribution >= 0.6 is 0 Å². The molecule has 216 valence electrons. The number of pyridine rings is 1. The van der Waals surface area contributed by atoms with Gasteiger partial charge in [-0.1, -0.05) is 49.8 Å². The molecule has 0 saturated heterocycles. The number of aryl methyl sites for hydroxylation is 1. The maximum Gasteiger partial charge on any atom is 0.140 e. The molecular weight excluding hydrogens is 535 g/mol. The van der Waals surface area contributed by atoms with Gasteiger partial charge in [-0.25, -0.2) is 14.1 Å². The van der Waals surface area contributed by atoms with Crippen LogP contribution in [0.3, 0.4) is 0 Å². The third kappa shape index (κ3) is 4.71. The van der Waals surface area contributed by atoms with Gasteiger partial charge in [-0.2, -0.15) is 5.10 Å². The number of para-hydroxylation sites is 1. The minimum Gasteiger partial charge on any atom is -0.457 e. The first-order valence-corrected chi connectivity index (χ1v) is 15.0. The van der Waals surface area contributed by atoms with E-state index in [4.69, 9.17) is 9.84 Å². The minimum absolute atomic E-state index is 0.328. The fourth-order valence-corrected chi connectivity index (χ4v) is 7.25. The second-order valence-corrected chi connectivity index (χ2v) is 12.0. The third-order valence-electron chi connectivity index (χ3n) is 8.89. The summed E-state index contributed by atoms with van der Waals surface area (Å²) < 4.78 is 24.7. The summed E-state index contributed by atoms with van der Waals surface area (Å²) in [5, 5.41) is 7.13. The zero-order chi connectivity index (χ0) is 29.8. The fraction of sp³-hybridized carbons (Fsp3) is 0.243. The smallest absolute Gasteiger partial charge is 0.140 e. The molecule has 3 atom stereocenters. The van der Waals surface area contributed by atoms with Crippen LogP contribution in [0.25, 0.3) is 33.3 Å². The van der Waals surface area contributed by atoms with Crippen molar-refractivity contribution in [1.82, 2.24) is 19.3 Å². The summed E-state index contributed by atoms with van der Waals surface area (Å²) >= 11 is 0. The number of aromatic nitrogens is 4. The van der Waals surface area contributed by atoms with E-state index in [2.05, 4.69) is 63.9 Å². The van der Waals surface area contributed by atoms with Crippen LogP contribution < -0.4 is 4.74 Å². The Morgan fingerprint density at radius 2 is 1.63 bits per heavy atom. The molecule has 43 heavy (non-hydrogen) atoms. The molecule has 3 aromatic carbocycles. The summed E-state index contributed by atoms with van der Waals surface area (Å²) in [6.45, 7) is 11.2. The van der Waals surface area contributed by atoms with Crippen LogP contribution in [0.4, 0.5) is 4.39 Å². The Labute approximate surface area is 251 Å². The molecule has 1 aliphatic carbocycles. The van der Waals surface area contributed by atoms with Gasteiger partial charge in [0.1, 0.15) is 23.1 Å². The molecule has 0 N–H and O–H groups in total. The highest BCUT2D eigenvalue weighted by molar-refractivity contribution is 6.09. The van der Waals surface area contributed by atoms with E-state index in [1.54, 1.807) is 0 Å². The Balaban J connectivity index is 1.26. The van der Waals surface area contributed by atoms with Gasteiger partial charge in [-0.3, -0.25) is 4.57 Å². The van der Waals surface area contributed by atoms with Crippen LogP contribution in [0.1, 0.15) is 50.1 Å². The minimum atomic E-state index is -0.328. The molecule has 6 aromatic rings. The Kier molecular flexibility index (Phi) is 6.65. The maximum atomic E-state index is 14.2. The Morgan fingerprint density at radius 1 is 0.837 bits per heavy atom. The number of fused-ring (bicyclic) bond motifs is 3. The zero-order valence-electron chi connectivity index (χ0n) is 25.2. The van der Waals surface area contributed by atoms with Crippen molar-refractivity contribution in [3.63, 3.8) is 0 Å². The van der Waals surface area contributed by atoms with E-state index in [0.717, 1.165) is 33.2 Å².